The predicted molar refractivity (Wildman–Crippen MR) is 97.2 cm³/mol. The number of hydrogen-bond acceptors (Lipinski definition) is 3. The molecule has 2 aromatic rings. The van der Waals surface area contributed by atoms with Crippen LogP contribution in [-0.4, -0.2) is 28.8 Å². The minimum atomic E-state index is 0.0765. The first-order chi connectivity index (χ1) is 12.2. The number of anilines is 1. The number of amides is 1. The van der Waals surface area contributed by atoms with E-state index in [0.717, 1.165) is 28.9 Å². The molecule has 0 spiro atoms. The van der Waals surface area contributed by atoms with Crippen LogP contribution < -0.4 is 4.90 Å². The Bertz CT molecular complexity index is 762. The van der Waals surface area contributed by atoms with Gasteiger partial charge >= 0.3 is 0 Å². The molecule has 0 atom stereocenters. The third kappa shape index (κ3) is 3.47. The van der Waals surface area contributed by atoms with E-state index in [-0.39, 0.29) is 12.5 Å². The number of hydrogen-bond donors (Lipinski definition) is 0. The maximum Gasteiger partial charge on any atom is 0.253 e. The van der Waals surface area contributed by atoms with Gasteiger partial charge in [-0.1, -0.05) is 31.4 Å². The fourth-order valence-corrected chi connectivity index (χ4v) is 3.98. The fraction of sp³-hybridized carbons (Fsp3) is 0.500. The SMILES string of the molecule is Cn1cc(-c2ccc3c(c2)N(CC2CCCCC2)C(=O)COC3)cn1. The summed E-state index contributed by atoms with van der Waals surface area (Å²) < 4.78 is 7.40. The lowest BCUT2D eigenvalue weighted by atomic mass is 9.88. The second-order valence-electron chi connectivity index (χ2n) is 7.25. The van der Waals surface area contributed by atoms with Crippen molar-refractivity contribution in [3.8, 4) is 11.1 Å². The molecule has 2 aliphatic rings. The van der Waals surface area contributed by atoms with Crippen molar-refractivity contribution in [2.45, 2.75) is 38.7 Å². The van der Waals surface area contributed by atoms with Gasteiger partial charge in [-0.15, -0.1) is 0 Å². The third-order valence-corrected chi connectivity index (χ3v) is 5.36. The number of ether oxygens (including phenoxy) is 1. The van der Waals surface area contributed by atoms with Crippen LogP contribution >= 0.6 is 0 Å². The second kappa shape index (κ2) is 7.00. The molecule has 1 aliphatic heterocycles. The summed E-state index contributed by atoms with van der Waals surface area (Å²) in [7, 11) is 1.92. The van der Waals surface area contributed by atoms with Gasteiger partial charge in [0.2, 0.25) is 0 Å². The highest BCUT2D eigenvalue weighted by molar-refractivity contribution is 5.96. The smallest absolute Gasteiger partial charge is 0.253 e. The van der Waals surface area contributed by atoms with Crippen molar-refractivity contribution >= 4 is 11.6 Å². The van der Waals surface area contributed by atoms with E-state index in [4.69, 9.17) is 4.74 Å². The highest BCUT2D eigenvalue weighted by Crippen LogP contribution is 2.33. The Labute approximate surface area is 148 Å². The predicted octanol–water partition coefficient (Wildman–Crippen LogP) is 3.53. The van der Waals surface area contributed by atoms with Crippen molar-refractivity contribution < 1.29 is 9.53 Å². The summed E-state index contributed by atoms with van der Waals surface area (Å²) in [5.41, 5.74) is 4.26. The third-order valence-electron chi connectivity index (χ3n) is 5.36. The zero-order valence-corrected chi connectivity index (χ0v) is 14.8. The average Bonchev–Trinajstić information content (AvgIpc) is 3.00. The molecular formula is C20H25N3O2. The molecule has 25 heavy (non-hydrogen) atoms. The molecule has 5 heteroatoms. The molecule has 1 amide bonds. The average molecular weight is 339 g/mol. The highest BCUT2D eigenvalue weighted by Gasteiger charge is 2.26. The Morgan fingerprint density at radius 2 is 2.00 bits per heavy atom. The quantitative estimate of drug-likeness (QED) is 0.859. The topological polar surface area (TPSA) is 47.4 Å². The molecular weight excluding hydrogens is 314 g/mol. The van der Waals surface area contributed by atoms with Crippen molar-refractivity contribution in [3.63, 3.8) is 0 Å². The number of aromatic nitrogens is 2. The van der Waals surface area contributed by atoms with E-state index in [9.17, 15) is 4.79 Å². The van der Waals surface area contributed by atoms with Crippen LogP contribution in [0.15, 0.2) is 30.6 Å². The Kier molecular flexibility index (Phi) is 4.57. The Morgan fingerprint density at radius 1 is 1.16 bits per heavy atom. The summed E-state index contributed by atoms with van der Waals surface area (Å²) in [4.78, 5) is 14.7. The summed E-state index contributed by atoms with van der Waals surface area (Å²) in [6.45, 7) is 1.48. The zero-order valence-electron chi connectivity index (χ0n) is 14.8. The van der Waals surface area contributed by atoms with Crippen LogP contribution in [-0.2, 0) is 23.2 Å². The van der Waals surface area contributed by atoms with Crippen molar-refractivity contribution in [3.05, 3.63) is 36.2 Å². The standard InChI is InChI=1S/C20H25N3O2/c1-22-12-18(10-21-22)16-7-8-17-13-25-14-20(24)23(19(17)9-16)11-15-5-3-2-4-6-15/h7-10,12,15H,2-6,11,13-14H2,1H3. The molecule has 5 nitrogen and oxygen atoms in total. The minimum absolute atomic E-state index is 0.0765. The van der Waals surface area contributed by atoms with Crippen LogP contribution in [0.5, 0.6) is 0 Å². The Morgan fingerprint density at radius 3 is 2.76 bits per heavy atom. The molecule has 132 valence electrons. The molecule has 1 aromatic carbocycles. The van der Waals surface area contributed by atoms with Gasteiger partial charge in [-0.25, -0.2) is 0 Å². The number of fused-ring (bicyclic) bond motifs is 1. The lowest BCUT2D eigenvalue weighted by molar-refractivity contribution is -0.123. The van der Waals surface area contributed by atoms with E-state index in [1.165, 1.54) is 32.1 Å². The highest BCUT2D eigenvalue weighted by atomic mass is 16.5. The molecule has 0 unspecified atom stereocenters. The number of benzene rings is 1. The Balaban J connectivity index is 1.68. The van der Waals surface area contributed by atoms with Gasteiger partial charge in [-0.05, 0) is 30.4 Å². The maximum absolute atomic E-state index is 12.7. The molecule has 4 rings (SSSR count). The molecule has 1 fully saturated rings. The number of nitrogens with zero attached hydrogens (tertiary/aromatic N) is 3. The summed E-state index contributed by atoms with van der Waals surface area (Å²) in [5.74, 6) is 0.679. The minimum Gasteiger partial charge on any atom is -0.367 e. The van der Waals surface area contributed by atoms with Crippen molar-refractivity contribution in [2.75, 3.05) is 18.1 Å². The normalized spacial score (nSPS) is 18.9. The van der Waals surface area contributed by atoms with Gasteiger partial charge in [0.05, 0.1) is 12.8 Å². The first-order valence-electron chi connectivity index (χ1n) is 9.21. The molecule has 0 saturated heterocycles. The molecule has 1 aromatic heterocycles. The van der Waals surface area contributed by atoms with Gasteiger partial charge in [0.25, 0.3) is 5.91 Å². The molecule has 0 radical (unpaired) electrons. The van der Waals surface area contributed by atoms with Crippen LogP contribution in [0.4, 0.5) is 5.69 Å². The van der Waals surface area contributed by atoms with E-state index < -0.39 is 0 Å². The van der Waals surface area contributed by atoms with Crippen molar-refractivity contribution in [1.82, 2.24) is 9.78 Å². The van der Waals surface area contributed by atoms with Crippen LogP contribution in [0, 0.1) is 5.92 Å². The number of aryl methyl sites for hydroxylation is 1. The van der Waals surface area contributed by atoms with E-state index in [2.05, 4.69) is 23.3 Å². The van der Waals surface area contributed by atoms with Crippen LogP contribution in [0.1, 0.15) is 37.7 Å². The summed E-state index contributed by atoms with van der Waals surface area (Å²) >= 11 is 0. The van der Waals surface area contributed by atoms with Gasteiger partial charge in [0.1, 0.15) is 6.61 Å². The van der Waals surface area contributed by atoms with Crippen molar-refractivity contribution in [2.24, 2.45) is 13.0 Å². The van der Waals surface area contributed by atoms with Gasteiger partial charge in [-0.2, -0.15) is 5.10 Å². The first kappa shape index (κ1) is 16.3. The lowest BCUT2D eigenvalue weighted by Gasteiger charge is -2.30. The summed E-state index contributed by atoms with van der Waals surface area (Å²) in [5, 5.41) is 4.26. The fourth-order valence-electron chi connectivity index (χ4n) is 3.98. The monoisotopic (exact) mass is 339 g/mol. The maximum atomic E-state index is 12.7. The molecule has 1 saturated carbocycles. The van der Waals surface area contributed by atoms with Crippen LogP contribution in [0.2, 0.25) is 0 Å². The van der Waals surface area contributed by atoms with Gasteiger partial charge in [0, 0.05) is 36.6 Å². The molecule has 0 N–H and O–H groups in total. The van der Waals surface area contributed by atoms with E-state index >= 15 is 0 Å². The van der Waals surface area contributed by atoms with E-state index in [1.54, 1.807) is 4.68 Å². The van der Waals surface area contributed by atoms with E-state index in [1.807, 2.05) is 24.3 Å². The van der Waals surface area contributed by atoms with Crippen LogP contribution in [0.3, 0.4) is 0 Å². The molecule has 2 heterocycles. The largest absolute Gasteiger partial charge is 0.367 e. The summed E-state index contributed by atoms with van der Waals surface area (Å²) in [6, 6.07) is 6.31. The second-order valence-corrected chi connectivity index (χ2v) is 7.25. The zero-order chi connectivity index (χ0) is 17.2. The van der Waals surface area contributed by atoms with Gasteiger partial charge < -0.3 is 9.64 Å². The summed E-state index contributed by atoms with van der Waals surface area (Å²) in [6.07, 6.45) is 10.2. The molecule has 1 aliphatic carbocycles. The number of carbonyl (C=O) groups excluding carboxylic acids is 1. The van der Waals surface area contributed by atoms with Gasteiger partial charge in [0.15, 0.2) is 0 Å². The van der Waals surface area contributed by atoms with Crippen LogP contribution in [0.25, 0.3) is 11.1 Å². The van der Waals surface area contributed by atoms with E-state index in [0.29, 0.717) is 12.5 Å². The lowest BCUT2D eigenvalue weighted by Crippen LogP contribution is -2.37. The number of rotatable bonds is 3. The Hall–Kier alpha value is -2.14. The first-order valence-corrected chi connectivity index (χ1v) is 9.21. The number of carbonyl (C=O) groups is 1. The van der Waals surface area contributed by atoms with Crippen molar-refractivity contribution in [1.29, 1.82) is 0 Å². The molecule has 0 bridgehead atoms. The van der Waals surface area contributed by atoms with Gasteiger partial charge in [-0.3, -0.25) is 9.48 Å².